The van der Waals surface area contributed by atoms with Gasteiger partial charge in [-0.05, 0) is 23.8 Å². The van der Waals surface area contributed by atoms with Crippen molar-refractivity contribution < 1.29 is 4.42 Å². The average molecular weight is 258 g/mol. The zero-order valence-corrected chi connectivity index (χ0v) is 10.0. The Hall–Kier alpha value is -1.26. The van der Waals surface area contributed by atoms with E-state index in [9.17, 15) is 0 Å². The van der Waals surface area contributed by atoms with Crippen molar-refractivity contribution in [3.05, 3.63) is 39.7 Å². The van der Waals surface area contributed by atoms with Gasteiger partial charge in [0.25, 0.3) is 0 Å². The first-order valence-corrected chi connectivity index (χ1v) is 5.38. The third-order valence-electron chi connectivity index (χ3n) is 1.89. The van der Waals surface area contributed by atoms with Crippen molar-refractivity contribution in [2.75, 3.05) is 5.32 Å². The van der Waals surface area contributed by atoms with Crippen LogP contribution in [0.1, 0.15) is 11.5 Å². The van der Waals surface area contributed by atoms with E-state index in [2.05, 4.69) is 15.5 Å². The van der Waals surface area contributed by atoms with Gasteiger partial charge in [-0.15, -0.1) is 5.10 Å². The van der Waals surface area contributed by atoms with Gasteiger partial charge in [0.1, 0.15) is 0 Å². The van der Waals surface area contributed by atoms with Crippen molar-refractivity contribution >= 4 is 29.2 Å². The van der Waals surface area contributed by atoms with E-state index in [4.69, 9.17) is 27.6 Å². The number of aromatic nitrogens is 2. The fraction of sp³-hybridized carbons (Fsp3) is 0.200. The van der Waals surface area contributed by atoms with Crippen molar-refractivity contribution in [2.45, 2.75) is 13.5 Å². The van der Waals surface area contributed by atoms with Gasteiger partial charge in [-0.1, -0.05) is 28.3 Å². The number of hydrogen-bond acceptors (Lipinski definition) is 4. The number of rotatable bonds is 3. The Bertz CT molecular complexity index is 478. The van der Waals surface area contributed by atoms with Gasteiger partial charge >= 0.3 is 6.01 Å². The summed E-state index contributed by atoms with van der Waals surface area (Å²) in [5.41, 5.74) is 0.952. The van der Waals surface area contributed by atoms with Gasteiger partial charge in [-0.25, -0.2) is 0 Å². The highest BCUT2D eigenvalue weighted by atomic mass is 35.5. The van der Waals surface area contributed by atoms with Crippen molar-refractivity contribution in [2.24, 2.45) is 0 Å². The molecule has 0 bridgehead atoms. The van der Waals surface area contributed by atoms with Gasteiger partial charge in [0.2, 0.25) is 5.89 Å². The molecular formula is C10H9Cl2N3O. The van der Waals surface area contributed by atoms with Gasteiger partial charge < -0.3 is 9.73 Å². The summed E-state index contributed by atoms with van der Waals surface area (Å²) in [6.45, 7) is 2.26. The molecule has 0 unspecified atom stereocenters. The van der Waals surface area contributed by atoms with Crippen LogP contribution < -0.4 is 5.32 Å². The second-order valence-electron chi connectivity index (χ2n) is 3.26. The van der Waals surface area contributed by atoms with Crippen molar-refractivity contribution in [1.82, 2.24) is 10.2 Å². The molecule has 0 amide bonds. The molecule has 84 valence electrons. The molecule has 0 aliphatic carbocycles. The highest BCUT2D eigenvalue weighted by molar-refractivity contribution is 6.34. The topological polar surface area (TPSA) is 51.0 Å². The third-order valence-corrected chi connectivity index (χ3v) is 2.33. The van der Waals surface area contributed by atoms with Crippen LogP contribution in [0.25, 0.3) is 0 Å². The Labute approximate surface area is 103 Å². The molecule has 0 aliphatic heterocycles. The number of aryl methyl sites for hydroxylation is 1. The monoisotopic (exact) mass is 257 g/mol. The lowest BCUT2D eigenvalue weighted by atomic mass is 10.2. The molecule has 1 N–H and O–H groups in total. The van der Waals surface area contributed by atoms with Crippen LogP contribution in [0.4, 0.5) is 6.01 Å². The van der Waals surface area contributed by atoms with Crippen molar-refractivity contribution in [3.8, 4) is 0 Å². The quantitative estimate of drug-likeness (QED) is 0.917. The molecule has 16 heavy (non-hydrogen) atoms. The fourth-order valence-corrected chi connectivity index (χ4v) is 1.83. The Morgan fingerprint density at radius 3 is 2.44 bits per heavy atom. The summed E-state index contributed by atoms with van der Waals surface area (Å²) in [5.74, 6) is 0.520. The van der Waals surface area contributed by atoms with Crippen LogP contribution >= 0.6 is 23.2 Å². The molecule has 0 aliphatic rings. The maximum Gasteiger partial charge on any atom is 0.315 e. The zero-order valence-electron chi connectivity index (χ0n) is 8.50. The SMILES string of the molecule is Cc1nnc(NCc2cc(Cl)cc(Cl)c2)o1. The lowest BCUT2D eigenvalue weighted by molar-refractivity contribution is 0.530. The van der Waals surface area contributed by atoms with Crippen LogP contribution in [-0.4, -0.2) is 10.2 Å². The number of nitrogens with zero attached hydrogens (tertiary/aromatic N) is 2. The Morgan fingerprint density at radius 1 is 1.19 bits per heavy atom. The van der Waals surface area contributed by atoms with Gasteiger partial charge in [0, 0.05) is 23.5 Å². The van der Waals surface area contributed by atoms with Crippen LogP contribution in [0.2, 0.25) is 10.0 Å². The minimum absolute atomic E-state index is 0.383. The van der Waals surface area contributed by atoms with Crippen molar-refractivity contribution in [3.63, 3.8) is 0 Å². The van der Waals surface area contributed by atoms with E-state index in [1.54, 1.807) is 13.0 Å². The smallest absolute Gasteiger partial charge is 0.315 e. The van der Waals surface area contributed by atoms with Crippen LogP contribution in [-0.2, 0) is 6.54 Å². The van der Waals surface area contributed by atoms with E-state index in [0.29, 0.717) is 28.5 Å². The molecule has 0 saturated carbocycles. The second kappa shape index (κ2) is 4.72. The summed E-state index contributed by atoms with van der Waals surface area (Å²) in [6, 6.07) is 5.71. The zero-order chi connectivity index (χ0) is 11.5. The molecule has 0 fully saturated rings. The second-order valence-corrected chi connectivity index (χ2v) is 4.13. The van der Waals surface area contributed by atoms with E-state index in [-0.39, 0.29) is 0 Å². The first kappa shape index (κ1) is 11.2. The number of benzene rings is 1. The summed E-state index contributed by atoms with van der Waals surface area (Å²) < 4.78 is 5.17. The summed E-state index contributed by atoms with van der Waals surface area (Å²) in [5, 5.41) is 11.7. The molecule has 2 rings (SSSR count). The molecule has 1 aromatic carbocycles. The van der Waals surface area contributed by atoms with Gasteiger partial charge in [-0.3, -0.25) is 0 Å². The average Bonchev–Trinajstić information content (AvgIpc) is 2.60. The van der Waals surface area contributed by atoms with Gasteiger partial charge in [-0.2, -0.15) is 0 Å². The molecular weight excluding hydrogens is 249 g/mol. The summed E-state index contributed by atoms with van der Waals surface area (Å²) in [4.78, 5) is 0. The highest BCUT2D eigenvalue weighted by Crippen LogP contribution is 2.19. The summed E-state index contributed by atoms with van der Waals surface area (Å²) in [6.07, 6.45) is 0. The molecule has 2 aromatic rings. The Morgan fingerprint density at radius 2 is 1.88 bits per heavy atom. The number of anilines is 1. The molecule has 0 spiro atoms. The van der Waals surface area contributed by atoms with Crippen LogP contribution in [0.5, 0.6) is 0 Å². The molecule has 0 atom stereocenters. The Balaban J connectivity index is 2.04. The van der Waals surface area contributed by atoms with E-state index in [1.807, 2.05) is 12.1 Å². The molecule has 0 saturated heterocycles. The van der Waals surface area contributed by atoms with Gasteiger partial charge in [0.15, 0.2) is 0 Å². The highest BCUT2D eigenvalue weighted by Gasteiger charge is 2.02. The normalized spacial score (nSPS) is 10.4. The van der Waals surface area contributed by atoms with Crippen LogP contribution in [0.3, 0.4) is 0 Å². The molecule has 0 radical (unpaired) electrons. The molecule has 1 heterocycles. The fourth-order valence-electron chi connectivity index (χ4n) is 1.26. The Kier molecular flexibility index (Phi) is 3.31. The summed E-state index contributed by atoms with van der Waals surface area (Å²) >= 11 is 11.7. The van der Waals surface area contributed by atoms with Crippen LogP contribution in [0, 0.1) is 6.92 Å². The minimum Gasteiger partial charge on any atom is -0.408 e. The first-order chi connectivity index (χ1) is 7.63. The standard InChI is InChI=1S/C10H9Cl2N3O/c1-6-14-15-10(16-6)13-5-7-2-8(11)4-9(12)3-7/h2-4H,5H2,1H3,(H,13,15). The van der Waals surface area contributed by atoms with E-state index in [1.165, 1.54) is 0 Å². The number of nitrogens with one attached hydrogen (secondary N) is 1. The third kappa shape index (κ3) is 2.87. The van der Waals surface area contributed by atoms with E-state index < -0.39 is 0 Å². The minimum atomic E-state index is 0.383. The maximum absolute atomic E-state index is 5.87. The maximum atomic E-state index is 5.87. The van der Waals surface area contributed by atoms with E-state index >= 15 is 0 Å². The van der Waals surface area contributed by atoms with Crippen molar-refractivity contribution in [1.29, 1.82) is 0 Å². The van der Waals surface area contributed by atoms with Gasteiger partial charge in [0.05, 0.1) is 0 Å². The predicted octanol–water partition coefficient (Wildman–Crippen LogP) is 3.30. The van der Waals surface area contributed by atoms with E-state index in [0.717, 1.165) is 5.56 Å². The molecule has 1 aromatic heterocycles. The first-order valence-electron chi connectivity index (χ1n) is 4.62. The predicted molar refractivity (Wildman–Crippen MR) is 62.8 cm³/mol. The lowest BCUT2D eigenvalue weighted by Crippen LogP contribution is -1.99. The number of halogens is 2. The van der Waals surface area contributed by atoms with Crippen LogP contribution in [0.15, 0.2) is 22.6 Å². The lowest BCUT2D eigenvalue weighted by Gasteiger charge is -2.03. The summed E-state index contributed by atoms with van der Waals surface area (Å²) in [7, 11) is 0. The molecule has 4 nitrogen and oxygen atoms in total. The number of hydrogen-bond donors (Lipinski definition) is 1. The molecule has 6 heteroatoms. The largest absolute Gasteiger partial charge is 0.408 e.